The molecule has 3 rings (SSSR count). The summed E-state index contributed by atoms with van der Waals surface area (Å²) < 4.78 is 5.82. The minimum atomic E-state index is -1.17. The Morgan fingerprint density at radius 1 is 1.43 bits per heavy atom. The molecular formula is C16H21NO3S. The van der Waals surface area contributed by atoms with Crippen LogP contribution in [0.2, 0.25) is 0 Å². The molecule has 4 nitrogen and oxygen atoms in total. The minimum Gasteiger partial charge on any atom is -0.379 e. The summed E-state index contributed by atoms with van der Waals surface area (Å²) in [5.41, 5.74) is -0.0174. The molecule has 2 saturated heterocycles. The van der Waals surface area contributed by atoms with Crippen LogP contribution in [-0.2, 0) is 9.53 Å². The Hall–Kier alpha value is -1.04. The van der Waals surface area contributed by atoms with Crippen molar-refractivity contribution in [2.24, 2.45) is 5.92 Å². The van der Waals surface area contributed by atoms with E-state index in [1.807, 2.05) is 18.2 Å². The zero-order valence-electron chi connectivity index (χ0n) is 12.0. The predicted molar refractivity (Wildman–Crippen MR) is 83.1 cm³/mol. The van der Waals surface area contributed by atoms with Gasteiger partial charge in [-0.05, 0) is 24.2 Å². The van der Waals surface area contributed by atoms with Gasteiger partial charge >= 0.3 is 0 Å². The van der Waals surface area contributed by atoms with Crippen LogP contribution >= 0.6 is 11.8 Å². The van der Waals surface area contributed by atoms with Gasteiger partial charge in [0.1, 0.15) is 0 Å². The fraction of sp³-hybridized carbons (Fsp3) is 0.562. The Balaban J connectivity index is 1.58. The second-order valence-electron chi connectivity index (χ2n) is 5.80. The molecule has 2 aliphatic rings. The highest BCUT2D eigenvalue weighted by molar-refractivity contribution is 7.99. The highest BCUT2D eigenvalue weighted by atomic mass is 32.2. The van der Waals surface area contributed by atoms with Gasteiger partial charge < -0.3 is 15.2 Å². The van der Waals surface area contributed by atoms with Gasteiger partial charge in [-0.3, -0.25) is 4.79 Å². The highest BCUT2D eigenvalue weighted by Gasteiger charge is 2.40. The number of rotatable bonds is 4. The lowest BCUT2D eigenvalue weighted by Gasteiger charge is -2.23. The molecule has 2 fully saturated rings. The molecule has 21 heavy (non-hydrogen) atoms. The molecule has 0 radical (unpaired) electrons. The van der Waals surface area contributed by atoms with Crippen molar-refractivity contribution in [3.63, 3.8) is 0 Å². The summed E-state index contributed by atoms with van der Waals surface area (Å²) in [7, 11) is 0. The molecule has 1 aromatic rings. The molecule has 0 spiro atoms. The summed E-state index contributed by atoms with van der Waals surface area (Å²) in [6, 6.07) is 10.1. The number of amides is 1. The third-order valence-corrected chi connectivity index (χ3v) is 5.47. The normalized spacial score (nSPS) is 32.2. The van der Waals surface area contributed by atoms with Crippen LogP contribution in [0.15, 0.2) is 30.3 Å². The maximum atomic E-state index is 12.2. The number of aliphatic hydroxyl groups is 1. The molecule has 0 bridgehead atoms. The maximum Gasteiger partial charge on any atom is 0.252 e. The van der Waals surface area contributed by atoms with Crippen LogP contribution in [0.4, 0.5) is 0 Å². The summed E-state index contributed by atoms with van der Waals surface area (Å²) in [6.45, 7) is 1.28. The van der Waals surface area contributed by atoms with Gasteiger partial charge in [0.2, 0.25) is 0 Å². The van der Waals surface area contributed by atoms with Gasteiger partial charge in [0.05, 0.1) is 6.10 Å². The maximum absolute atomic E-state index is 12.2. The molecule has 5 heteroatoms. The first-order valence-electron chi connectivity index (χ1n) is 7.44. The third-order valence-electron chi connectivity index (χ3n) is 4.29. The van der Waals surface area contributed by atoms with Crippen LogP contribution in [0, 0.1) is 5.92 Å². The molecule has 1 amide bonds. The van der Waals surface area contributed by atoms with E-state index < -0.39 is 5.60 Å². The lowest BCUT2D eigenvalue weighted by molar-refractivity contribution is -0.137. The molecular weight excluding hydrogens is 286 g/mol. The minimum absolute atomic E-state index is 0.0408. The predicted octanol–water partition coefficient (Wildman–Crippen LogP) is 1.75. The van der Waals surface area contributed by atoms with Crippen molar-refractivity contribution < 1.29 is 14.6 Å². The summed E-state index contributed by atoms with van der Waals surface area (Å²) in [5, 5.41) is 13.2. The Morgan fingerprint density at radius 2 is 2.24 bits per heavy atom. The Labute approximate surface area is 129 Å². The van der Waals surface area contributed by atoms with Gasteiger partial charge in [0.25, 0.3) is 5.91 Å². The van der Waals surface area contributed by atoms with Crippen molar-refractivity contribution in [1.29, 1.82) is 0 Å². The second kappa shape index (κ2) is 6.38. The molecule has 0 saturated carbocycles. The number of hydrogen-bond acceptors (Lipinski definition) is 4. The number of hydrogen-bond donors (Lipinski definition) is 2. The van der Waals surface area contributed by atoms with Gasteiger partial charge in [0, 0.05) is 24.8 Å². The van der Waals surface area contributed by atoms with Crippen molar-refractivity contribution >= 4 is 17.7 Å². The SMILES string of the molecule is O=C(NC[C@@H]1CCO[C@H]1c1ccccc1)C1(O)CCSC1. The number of carbonyl (C=O) groups is 1. The molecule has 3 atom stereocenters. The Morgan fingerprint density at radius 3 is 2.95 bits per heavy atom. The largest absolute Gasteiger partial charge is 0.379 e. The highest BCUT2D eigenvalue weighted by Crippen LogP contribution is 2.34. The lowest BCUT2D eigenvalue weighted by Crippen LogP contribution is -2.48. The summed E-state index contributed by atoms with van der Waals surface area (Å²) in [6.07, 6.45) is 1.53. The van der Waals surface area contributed by atoms with Crippen LogP contribution in [-0.4, -0.2) is 41.3 Å². The van der Waals surface area contributed by atoms with Crippen molar-refractivity contribution in [1.82, 2.24) is 5.32 Å². The van der Waals surface area contributed by atoms with E-state index in [0.717, 1.165) is 24.3 Å². The molecule has 2 heterocycles. The van der Waals surface area contributed by atoms with Crippen LogP contribution in [0.3, 0.4) is 0 Å². The van der Waals surface area contributed by atoms with Crippen molar-refractivity contribution in [3.8, 4) is 0 Å². The smallest absolute Gasteiger partial charge is 0.252 e. The van der Waals surface area contributed by atoms with Gasteiger partial charge in [-0.1, -0.05) is 30.3 Å². The van der Waals surface area contributed by atoms with E-state index >= 15 is 0 Å². The molecule has 2 aliphatic heterocycles. The van der Waals surface area contributed by atoms with E-state index in [9.17, 15) is 9.90 Å². The van der Waals surface area contributed by atoms with Crippen LogP contribution in [0.25, 0.3) is 0 Å². The van der Waals surface area contributed by atoms with E-state index in [1.165, 1.54) is 0 Å². The summed E-state index contributed by atoms with van der Waals surface area (Å²) >= 11 is 1.63. The van der Waals surface area contributed by atoms with E-state index in [4.69, 9.17) is 4.74 Å². The molecule has 1 unspecified atom stereocenters. The first kappa shape index (κ1) is 14.9. The van der Waals surface area contributed by atoms with Gasteiger partial charge in [-0.15, -0.1) is 0 Å². The average Bonchev–Trinajstić information content (AvgIpc) is 3.15. The van der Waals surface area contributed by atoms with E-state index in [1.54, 1.807) is 11.8 Å². The first-order valence-corrected chi connectivity index (χ1v) is 8.59. The average molecular weight is 307 g/mol. The van der Waals surface area contributed by atoms with Gasteiger partial charge in [-0.2, -0.15) is 11.8 Å². The van der Waals surface area contributed by atoms with Gasteiger partial charge in [0.15, 0.2) is 5.60 Å². The number of carbonyl (C=O) groups excluding carboxylic acids is 1. The monoisotopic (exact) mass is 307 g/mol. The van der Waals surface area contributed by atoms with Crippen LogP contribution in [0.5, 0.6) is 0 Å². The molecule has 114 valence electrons. The quantitative estimate of drug-likeness (QED) is 0.890. The van der Waals surface area contributed by atoms with Crippen molar-refractivity contribution in [2.75, 3.05) is 24.7 Å². The molecule has 1 aromatic carbocycles. The van der Waals surface area contributed by atoms with Crippen LogP contribution < -0.4 is 5.32 Å². The van der Waals surface area contributed by atoms with Crippen molar-refractivity contribution in [2.45, 2.75) is 24.5 Å². The van der Waals surface area contributed by atoms with E-state index in [2.05, 4.69) is 17.4 Å². The Kier molecular flexibility index (Phi) is 4.52. The fourth-order valence-electron chi connectivity index (χ4n) is 2.98. The summed E-state index contributed by atoms with van der Waals surface area (Å²) in [5.74, 6) is 1.39. The zero-order valence-corrected chi connectivity index (χ0v) is 12.8. The number of ether oxygens (including phenoxy) is 1. The summed E-state index contributed by atoms with van der Waals surface area (Å²) in [4.78, 5) is 12.2. The Bertz CT molecular complexity index is 488. The van der Waals surface area contributed by atoms with Gasteiger partial charge in [-0.25, -0.2) is 0 Å². The third kappa shape index (κ3) is 3.25. The molecule has 0 aliphatic carbocycles. The second-order valence-corrected chi connectivity index (χ2v) is 6.90. The number of benzene rings is 1. The van der Waals surface area contributed by atoms with Crippen molar-refractivity contribution in [3.05, 3.63) is 35.9 Å². The fourth-order valence-corrected chi connectivity index (χ4v) is 4.22. The molecule has 0 aromatic heterocycles. The molecule has 2 N–H and O–H groups in total. The van der Waals surface area contributed by atoms with E-state index in [-0.39, 0.29) is 17.9 Å². The number of nitrogens with one attached hydrogen (secondary N) is 1. The first-order chi connectivity index (χ1) is 10.2. The zero-order chi connectivity index (χ0) is 14.7. The topological polar surface area (TPSA) is 58.6 Å². The standard InChI is InChI=1S/C16H21NO3S/c18-15(16(19)7-9-21-11-16)17-10-13-6-8-20-14(13)12-4-2-1-3-5-12/h1-5,13-14,19H,6-11H2,(H,17,18)/t13-,14-,16?/m0/s1. The lowest BCUT2D eigenvalue weighted by atomic mass is 9.94. The number of thioether (sulfide) groups is 1. The van der Waals surface area contributed by atoms with Crippen LogP contribution in [0.1, 0.15) is 24.5 Å². The van der Waals surface area contributed by atoms with E-state index in [0.29, 0.717) is 18.7 Å².